The fourth-order valence-electron chi connectivity index (χ4n) is 2.27. The molecule has 0 saturated heterocycles. The topological polar surface area (TPSA) is 47.6 Å². The Kier molecular flexibility index (Phi) is 6.50. The number of rotatable bonds is 7. The highest BCUT2D eigenvalue weighted by Gasteiger charge is 2.14. The van der Waals surface area contributed by atoms with Crippen molar-refractivity contribution in [2.24, 2.45) is 0 Å². The highest BCUT2D eigenvalue weighted by Crippen LogP contribution is 2.17. The van der Waals surface area contributed by atoms with Gasteiger partial charge in [-0.2, -0.15) is 0 Å². The number of amides is 1. The van der Waals surface area contributed by atoms with Crippen LogP contribution < -0.4 is 14.8 Å². The lowest BCUT2D eigenvalue weighted by molar-refractivity contribution is -0.127. The summed E-state index contributed by atoms with van der Waals surface area (Å²) in [6, 6.07) is 12.9. The molecule has 0 fully saturated rings. The molecule has 1 N–H and O–H groups in total. The first-order chi connectivity index (χ1) is 11.4. The minimum absolute atomic E-state index is 0.186. The van der Waals surface area contributed by atoms with Crippen LogP contribution in [0.3, 0.4) is 0 Å². The molecule has 24 heavy (non-hydrogen) atoms. The first kappa shape index (κ1) is 18.1. The van der Waals surface area contributed by atoms with Gasteiger partial charge in [0.05, 0.1) is 6.54 Å². The van der Waals surface area contributed by atoms with Gasteiger partial charge in [0, 0.05) is 5.02 Å². The molecule has 0 spiro atoms. The number of ether oxygens (including phenoxy) is 2. The monoisotopic (exact) mass is 347 g/mol. The van der Waals surface area contributed by atoms with Crippen LogP contribution in [-0.4, -0.2) is 25.2 Å². The molecule has 0 aromatic heterocycles. The fourth-order valence-corrected chi connectivity index (χ4v) is 2.40. The van der Waals surface area contributed by atoms with Gasteiger partial charge in [-0.15, -0.1) is 0 Å². The largest absolute Gasteiger partial charge is 0.492 e. The quantitative estimate of drug-likeness (QED) is 0.772. The van der Waals surface area contributed by atoms with Crippen molar-refractivity contribution in [2.45, 2.75) is 26.9 Å². The molecule has 0 heterocycles. The normalized spacial score (nSPS) is 11.7. The van der Waals surface area contributed by atoms with Crippen LogP contribution in [0.5, 0.6) is 11.5 Å². The maximum Gasteiger partial charge on any atom is 0.260 e. The molecule has 128 valence electrons. The molecule has 0 aliphatic carbocycles. The maximum atomic E-state index is 12.0. The first-order valence-electron chi connectivity index (χ1n) is 7.85. The third kappa shape index (κ3) is 5.78. The highest BCUT2D eigenvalue weighted by atomic mass is 35.5. The standard InChI is InChI=1S/C19H22ClNO3/c1-13-10-14(2)12-18(11-13)23-9-8-21-19(22)15(3)24-17-6-4-16(20)5-7-17/h4-7,10-12,15H,8-9H2,1-3H3,(H,21,22)/t15-/m0/s1. The van der Waals surface area contributed by atoms with Gasteiger partial charge in [-0.1, -0.05) is 17.7 Å². The van der Waals surface area contributed by atoms with E-state index in [0.717, 1.165) is 16.9 Å². The van der Waals surface area contributed by atoms with Crippen LogP contribution in [0.15, 0.2) is 42.5 Å². The van der Waals surface area contributed by atoms with E-state index in [0.29, 0.717) is 23.9 Å². The molecule has 5 heteroatoms. The third-order valence-electron chi connectivity index (χ3n) is 3.36. The Morgan fingerprint density at radius 3 is 2.33 bits per heavy atom. The molecule has 4 nitrogen and oxygen atoms in total. The van der Waals surface area contributed by atoms with Crippen LogP contribution in [0.1, 0.15) is 18.1 Å². The smallest absolute Gasteiger partial charge is 0.260 e. The maximum absolute atomic E-state index is 12.0. The average Bonchev–Trinajstić information content (AvgIpc) is 2.52. The average molecular weight is 348 g/mol. The summed E-state index contributed by atoms with van der Waals surface area (Å²) in [7, 11) is 0. The van der Waals surface area contributed by atoms with Crippen molar-refractivity contribution in [3.05, 3.63) is 58.6 Å². The molecule has 2 aromatic carbocycles. The van der Waals surface area contributed by atoms with Gasteiger partial charge in [0.1, 0.15) is 18.1 Å². The van der Waals surface area contributed by atoms with Gasteiger partial charge in [0.25, 0.3) is 5.91 Å². The third-order valence-corrected chi connectivity index (χ3v) is 3.61. The van der Waals surface area contributed by atoms with Crippen molar-refractivity contribution in [2.75, 3.05) is 13.2 Å². The van der Waals surface area contributed by atoms with Crippen molar-refractivity contribution >= 4 is 17.5 Å². The van der Waals surface area contributed by atoms with E-state index in [1.54, 1.807) is 31.2 Å². The fraction of sp³-hybridized carbons (Fsp3) is 0.316. The van der Waals surface area contributed by atoms with Gasteiger partial charge in [-0.05, 0) is 68.3 Å². The lowest BCUT2D eigenvalue weighted by Gasteiger charge is -2.15. The second kappa shape index (κ2) is 8.60. The SMILES string of the molecule is Cc1cc(C)cc(OCCNC(=O)[C@H](C)Oc2ccc(Cl)cc2)c1. The van der Waals surface area contributed by atoms with Crippen molar-refractivity contribution in [3.63, 3.8) is 0 Å². The summed E-state index contributed by atoms with van der Waals surface area (Å²) in [6.07, 6.45) is -0.590. The van der Waals surface area contributed by atoms with Gasteiger partial charge in [0.2, 0.25) is 0 Å². The number of carbonyl (C=O) groups excluding carboxylic acids is 1. The molecule has 0 radical (unpaired) electrons. The Hall–Kier alpha value is -2.20. The van der Waals surface area contributed by atoms with Crippen LogP contribution >= 0.6 is 11.6 Å². The molecule has 0 unspecified atom stereocenters. The Morgan fingerprint density at radius 2 is 1.71 bits per heavy atom. The number of hydrogen-bond acceptors (Lipinski definition) is 3. The summed E-state index contributed by atoms with van der Waals surface area (Å²) >= 11 is 5.82. The lowest BCUT2D eigenvalue weighted by Crippen LogP contribution is -2.38. The van der Waals surface area contributed by atoms with E-state index < -0.39 is 6.10 Å². The highest BCUT2D eigenvalue weighted by molar-refractivity contribution is 6.30. The van der Waals surface area contributed by atoms with Gasteiger partial charge in [-0.3, -0.25) is 4.79 Å². The predicted octanol–water partition coefficient (Wildman–Crippen LogP) is 3.92. The van der Waals surface area contributed by atoms with Gasteiger partial charge >= 0.3 is 0 Å². The number of nitrogens with one attached hydrogen (secondary N) is 1. The number of carbonyl (C=O) groups is 1. The Labute approximate surface area is 147 Å². The molecular formula is C19H22ClNO3. The van der Waals surface area contributed by atoms with E-state index >= 15 is 0 Å². The molecule has 0 aliphatic rings. The minimum Gasteiger partial charge on any atom is -0.492 e. The van der Waals surface area contributed by atoms with Crippen LogP contribution in [0, 0.1) is 13.8 Å². The number of hydrogen-bond donors (Lipinski definition) is 1. The van der Waals surface area contributed by atoms with Gasteiger partial charge in [0.15, 0.2) is 6.10 Å². The minimum atomic E-state index is -0.590. The molecule has 0 saturated carbocycles. The van der Waals surface area contributed by atoms with Gasteiger partial charge < -0.3 is 14.8 Å². The van der Waals surface area contributed by atoms with Crippen LogP contribution in [0.2, 0.25) is 5.02 Å². The van der Waals surface area contributed by atoms with Crippen molar-refractivity contribution in [1.82, 2.24) is 5.32 Å². The summed E-state index contributed by atoms with van der Waals surface area (Å²) < 4.78 is 11.2. The second-order valence-electron chi connectivity index (χ2n) is 5.68. The van der Waals surface area contributed by atoms with E-state index in [2.05, 4.69) is 11.4 Å². The second-order valence-corrected chi connectivity index (χ2v) is 6.11. The molecule has 0 bridgehead atoms. The Balaban J connectivity index is 1.73. The molecular weight excluding hydrogens is 326 g/mol. The molecule has 2 aromatic rings. The summed E-state index contributed by atoms with van der Waals surface area (Å²) in [4.78, 5) is 12.0. The summed E-state index contributed by atoms with van der Waals surface area (Å²) in [5, 5.41) is 3.43. The first-order valence-corrected chi connectivity index (χ1v) is 8.23. The van der Waals surface area contributed by atoms with E-state index in [9.17, 15) is 4.79 Å². The lowest BCUT2D eigenvalue weighted by atomic mass is 10.1. The van der Waals surface area contributed by atoms with E-state index in [1.165, 1.54) is 0 Å². The number of benzene rings is 2. The van der Waals surface area contributed by atoms with Crippen molar-refractivity contribution in [3.8, 4) is 11.5 Å². The van der Waals surface area contributed by atoms with E-state index in [4.69, 9.17) is 21.1 Å². The van der Waals surface area contributed by atoms with Crippen LogP contribution in [0.25, 0.3) is 0 Å². The zero-order chi connectivity index (χ0) is 17.5. The van der Waals surface area contributed by atoms with Crippen molar-refractivity contribution in [1.29, 1.82) is 0 Å². The molecule has 1 amide bonds. The zero-order valence-corrected chi connectivity index (χ0v) is 14.9. The van der Waals surface area contributed by atoms with E-state index in [1.807, 2.05) is 26.0 Å². The summed E-state index contributed by atoms with van der Waals surface area (Å²) in [6.45, 7) is 6.58. The zero-order valence-electron chi connectivity index (χ0n) is 14.1. The van der Waals surface area contributed by atoms with E-state index in [-0.39, 0.29) is 5.91 Å². The molecule has 0 aliphatic heterocycles. The summed E-state index contributed by atoms with van der Waals surface area (Å²) in [5.74, 6) is 1.23. The Bertz CT molecular complexity index is 665. The van der Waals surface area contributed by atoms with Gasteiger partial charge in [-0.25, -0.2) is 0 Å². The van der Waals surface area contributed by atoms with Crippen LogP contribution in [0.4, 0.5) is 0 Å². The predicted molar refractivity (Wildman–Crippen MR) is 96.0 cm³/mol. The number of aryl methyl sites for hydroxylation is 2. The molecule has 1 atom stereocenters. The van der Waals surface area contributed by atoms with Crippen LogP contribution in [-0.2, 0) is 4.79 Å². The number of halogens is 1. The summed E-state index contributed by atoms with van der Waals surface area (Å²) in [5.41, 5.74) is 2.30. The van der Waals surface area contributed by atoms with Crippen molar-refractivity contribution < 1.29 is 14.3 Å². The molecule has 2 rings (SSSR count). The Morgan fingerprint density at radius 1 is 1.08 bits per heavy atom.